The Hall–Kier alpha value is -1.91. The summed E-state index contributed by atoms with van der Waals surface area (Å²) in [5.41, 5.74) is 3.50. The number of anilines is 1. The fourth-order valence-corrected chi connectivity index (χ4v) is 1.85. The minimum absolute atomic E-state index is 0.0131. The van der Waals surface area contributed by atoms with Gasteiger partial charge in [0.15, 0.2) is 0 Å². The number of rotatable bonds is 2. The zero-order valence-corrected chi connectivity index (χ0v) is 10.7. The van der Waals surface area contributed by atoms with Crippen molar-refractivity contribution in [2.75, 3.05) is 5.32 Å². The quantitative estimate of drug-likeness (QED) is 0.633. The van der Waals surface area contributed by atoms with Crippen LogP contribution in [0.3, 0.4) is 0 Å². The molecule has 0 aromatic heterocycles. The predicted molar refractivity (Wildman–Crippen MR) is 66.3 cm³/mol. The van der Waals surface area contributed by atoms with Gasteiger partial charge in [-0.2, -0.15) is 0 Å². The summed E-state index contributed by atoms with van der Waals surface area (Å²) < 4.78 is 0. The summed E-state index contributed by atoms with van der Waals surface area (Å²) in [4.78, 5) is 21.8. The molecule has 0 unspecified atom stereocenters. The van der Waals surface area contributed by atoms with E-state index in [-0.39, 0.29) is 11.6 Å². The summed E-state index contributed by atoms with van der Waals surface area (Å²) in [6.45, 7) is 8.56. The topological polar surface area (TPSA) is 72.2 Å². The number of hydrogen-bond acceptors (Lipinski definition) is 3. The Bertz CT molecular complexity index is 507. The molecule has 1 aromatic carbocycles. The van der Waals surface area contributed by atoms with E-state index in [0.29, 0.717) is 11.3 Å². The van der Waals surface area contributed by atoms with Crippen LogP contribution in [0.2, 0.25) is 0 Å². The molecule has 0 fully saturated rings. The van der Waals surface area contributed by atoms with Crippen LogP contribution >= 0.6 is 0 Å². The van der Waals surface area contributed by atoms with Gasteiger partial charge < -0.3 is 5.32 Å². The van der Waals surface area contributed by atoms with Crippen molar-refractivity contribution in [2.24, 2.45) is 0 Å². The van der Waals surface area contributed by atoms with Gasteiger partial charge in [-0.15, -0.1) is 0 Å². The molecule has 0 bridgehead atoms. The van der Waals surface area contributed by atoms with E-state index in [1.807, 2.05) is 13.8 Å². The molecule has 0 saturated carbocycles. The number of amides is 1. The molecule has 5 nitrogen and oxygen atoms in total. The molecule has 0 radical (unpaired) electrons. The van der Waals surface area contributed by atoms with Gasteiger partial charge in [0, 0.05) is 12.5 Å². The first kappa shape index (κ1) is 13.2. The summed E-state index contributed by atoms with van der Waals surface area (Å²) in [5, 5.41) is 13.6. The van der Waals surface area contributed by atoms with Crippen LogP contribution in [0.4, 0.5) is 11.4 Å². The van der Waals surface area contributed by atoms with E-state index in [9.17, 15) is 14.9 Å². The van der Waals surface area contributed by atoms with Crippen molar-refractivity contribution in [2.45, 2.75) is 34.6 Å². The van der Waals surface area contributed by atoms with Crippen LogP contribution in [0.15, 0.2) is 0 Å². The van der Waals surface area contributed by atoms with E-state index in [4.69, 9.17) is 0 Å². The van der Waals surface area contributed by atoms with Gasteiger partial charge in [0.2, 0.25) is 5.91 Å². The number of nitrogens with zero attached hydrogens (tertiary/aromatic N) is 1. The van der Waals surface area contributed by atoms with E-state index >= 15 is 0 Å². The summed E-state index contributed by atoms with van der Waals surface area (Å²) in [6, 6.07) is 0. The molecule has 0 atom stereocenters. The number of nitro groups is 1. The predicted octanol–water partition coefficient (Wildman–Crippen LogP) is 2.79. The molecule has 0 heterocycles. The number of carbonyl (C=O) groups excluding carboxylic acids is 1. The maximum atomic E-state index is 11.1. The molecule has 1 N–H and O–H groups in total. The molecule has 0 spiro atoms. The highest BCUT2D eigenvalue weighted by Gasteiger charge is 2.24. The van der Waals surface area contributed by atoms with Crippen molar-refractivity contribution >= 4 is 17.3 Å². The van der Waals surface area contributed by atoms with E-state index in [0.717, 1.165) is 16.7 Å². The molecule has 1 rings (SSSR count). The van der Waals surface area contributed by atoms with Gasteiger partial charge in [0.1, 0.15) is 5.69 Å². The Labute approximate surface area is 100.0 Å². The van der Waals surface area contributed by atoms with Gasteiger partial charge in [-0.05, 0) is 44.4 Å². The van der Waals surface area contributed by atoms with Crippen LogP contribution in [0.5, 0.6) is 0 Å². The fourth-order valence-electron chi connectivity index (χ4n) is 1.85. The minimum atomic E-state index is -0.444. The van der Waals surface area contributed by atoms with Crippen LogP contribution < -0.4 is 5.32 Å². The summed E-state index contributed by atoms with van der Waals surface area (Å²) in [6.07, 6.45) is 0. The standard InChI is InChI=1S/C12H16N2O3/c1-6-7(2)9(4)12(14(16)17)11(8(6)3)13-10(5)15/h1-5H3,(H,13,15). The maximum Gasteiger partial charge on any atom is 0.296 e. The molecule has 92 valence electrons. The van der Waals surface area contributed by atoms with Crippen molar-refractivity contribution < 1.29 is 9.72 Å². The number of hydrogen-bond donors (Lipinski definition) is 1. The average Bonchev–Trinajstić information content (AvgIpc) is 2.22. The fraction of sp³-hybridized carbons (Fsp3) is 0.417. The van der Waals surface area contributed by atoms with E-state index in [1.54, 1.807) is 13.8 Å². The van der Waals surface area contributed by atoms with Crippen molar-refractivity contribution in [3.8, 4) is 0 Å². The minimum Gasteiger partial charge on any atom is -0.320 e. The summed E-state index contributed by atoms with van der Waals surface area (Å²) in [5.74, 6) is -0.307. The van der Waals surface area contributed by atoms with Crippen molar-refractivity contribution in [1.29, 1.82) is 0 Å². The third-order valence-corrected chi connectivity index (χ3v) is 3.14. The third-order valence-electron chi connectivity index (χ3n) is 3.14. The second kappa shape index (κ2) is 4.53. The third kappa shape index (κ3) is 2.27. The van der Waals surface area contributed by atoms with Gasteiger partial charge in [-0.25, -0.2) is 0 Å². The zero-order chi connectivity index (χ0) is 13.3. The maximum absolute atomic E-state index is 11.1. The SMILES string of the molecule is CC(=O)Nc1c(C)c(C)c(C)c(C)c1[N+](=O)[O-]. The van der Waals surface area contributed by atoms with Crippen LogP contribution in [0.1, 0.15) is 29.2 Å². The first-order valence-corrected chi connectivity index (χ1v) is 5.29. The Morgan fingerprint density at radius 2 is 1.53 bits per heavy atom. The zero-order valence-electron chi connectivity index (χ0n) is 10.7. The molecule has 0 aliphatic heterocycles. The summed E-state index contributed by atoms with van der Waals surface area (Å²) >= 11 is 0. The Morgan fingerprint density at radius 3 is 1.94 bits per heavy atom. The molecule has 17 heavy (non-hydrogen) atoms. The monoisotopic (exact) mass is 236 g/mol. The van der Waals surface area contributed by atoms with Gasteiger partial charge in [0.25, 0.3) is 5.69 Å². The Morgan fingerprint density at radius 1 is 1.06 bits per heavy atom. The van der Waals surface area contributed by atoms with Gasteiger partial charge in [-0.3, -0.25) is 14.9 Å². The van der Waals surface area contributed by atoms with Crippen molar-refractivity contribution in [3.63, 3.8) is 0 Å². The van der Waals surface area contributed by atoms with Gasteiger partial charge in [0.05, 0.1) is 4.92 Å². The van der Waals surface area contributed by atoms with Crippen LogP contribution in [-0.2, 0) is 4.79 Å². The van der Waals surface area contributed by atoms with Gasteiger partial charge in [-0.1, -0.05) is 0 Å². The van der Waals surface area contributed by atoms with Crippen LogP contribution in [-0.4, -0.2) is 10.8 Å². The molecule has 0 aliphatic rings. The van der Waals surface area contributed by atoms with E-state index < -0.39 is 4.92 Å². The molecule has 5 heteroatoms. The number of carbonyl (C=O) groups is 1. The Balaban J connectivity index is 3.65. The smallest absolute Gasteiger partial charge is 0.296 e. The molecular formula is C12H16N2O3. The van der Waals surface area contributed by atoms with E-state index in [2.05, 4.69) is 5.32 Å². The lowest BCUT2D eigenvalue weighted by Crippen LogP contribution is -2.12. The molecule has 1 amide bonds. The number of nitrogens with one attached hydrogen (secondary N) is 1. The molecule has 1 aromatic rings. The van der Waals surface area contributed by atoms with Crippen LogP contribution in [0.25, 0.3) is 0 Å². The largest absolute Gasteiger partial charge is 0.320 e. The van der Waals surface area contributed by atoms with Crippen LogP contribution in [0, 0.1) is 37.8 Å². The molecule has 0 saturated heterocycles. The van der Waals surface area contributed by atoms with Crippen molar-refractivity contribution in [3.05, 3.63) is 32.4 Å². The lowest BCUT2D eigenvalue weighted by atomic mass is 9.95. The van der Waals surface area contributed by atoms with Crippen molar-refractivity contribution in [1.82, 2.24) is 0 Å². The number of nitro benzene ring substituents is 1. The second-order valence-electron chi connectivity index (χ2n) is 4.16. The molecular weight excluding hydrogens is 220 g/mol. The lowest BCUT2D eigenvalue weighted by molar-refractivity contribution is -0.384. The highest BCUT2D eigenvalue weighted by Crippen LogP contribution is 2.36. The first-order chi connectivity index (χ1) is 7.77. The summed E-state index contributed by atoms with van der Waals surface area (Å²) in [7, 11) is 0. The number of benzene rings is 1. The lowest BCUT2D eigenvalue weighted by Gasteiger charge is -2.15. The van der Waals surface area contributed by atoms with Gasteiger partial charge >= 0.3 is 0 Å². The average molecular weight is 236 g/mol. The normalized spacial score (nSPS) is 10.2. The van der Waals surface area contributed by atoms with E-state index in [1.165, 1.54) is 6.92 Å². The highest BCUT2D eigenvalue weighted by atomic mass is 16.6. The Kier molecular flexibility index (Phi) is 3.50. The second-order valence-corrected chi connectivity index (χ2v) is 4.16. The molecule has 0 aliphatic carbocycles. The first-order valence-electron chi connectivity index (χ1n) is 5.29. The highest BCUT2D eigenvalue weighted by molar-refractivity contribution is 5.93.